The Hall–Kier alpha value is -3.81. The van der Waals surface area contributed by atoms with Crippen LogP contribution < -0.4 is 0 Å². The summed E-state index contributed by atoms with van der Waals surface area (Å²) in [6.45, 7) is 0. The molecule has 7 heteroatoms. The van der Waals surface area contributed by atoms with E-state index in [9.17, 15) is 14.7 Å². The first-order valence-corrected chi connectivity index (χ1v) is 13.1. The molecule has 0 radical (unpaired) electrons. The molecule has 0 saturated carbocycles. The summed E-state index contributed by atoms with van der Waals surface area (Å²) in [5.41, 5.74) is 5.66. The van der Waals surface area contributed by atoms with Crippen molar-refractivity contribution in [1.82, 2.24) is 4.98 Å². The van der Waals surface area contributed by atoms with Gasteiger partial charge in [-0.1, -0.05) is 56.1 Å². The van der Waals surface area contributed by atoms with Crippen LogP contribution in [-0.4, -0.2) is 27.4 Å². The van der Waals surface area contributed by atoms with E-state index in [2.05, 4.69) is 36.8 Å². The number of rotatable bonds is 5. The number of para-hydroxylation sites is 1. The number of H-pyrrole nitrogens is 1. The van der Waals surface area contributed by atoms with Crippen LogP contribution in [-0.2, 0) is 6.42 Å². The molecule has 1 aromatic heterocycles. The van der Waals surface area contributed by atoms with Gasteiger partial charge in [0.2, 0.25) is 0 Å². The van der Waals surface area contributed by atoms with Crippen LogP contribution in [0.5, 0.6) is 5.88 Å². The molecule has 6 rings (SSSR count). The second-order valence-electron chi connectivity index (χ2n) is 8.83. The molecular formula is C30H18Br2N2O3. The zero-order valence-corrected chi connectivity index (χ0v) is 22.4. The number of hydrogen-bond donors (Lipinski definition) is 2. The van der Waals surface area contributed by atoms with Gasteiger partial charge in [-0.05, 0) is 66.2 Å². The van der Waals surface area contributed by atoms with Crippen molar-refractivity contribution in [3.05, 3.63) is 127 Å². The molecule has 2 N–H and O–H groups in total. The van der Waals surface area contributed by atoms with E-state index in [0.717, 1.165) is 19.9 Å². The lowest BCUT2D eigenvalue weighted by molar-refractivity contribution is 0.103. The number of aromatic hydroxyl groups is 1. The van der Waals surface area contributed by atoms with Gasteiger partial charge in [0.25, 0.3) is 0 Å². The number of carbonyl (C=O) groups is 2. The quantitative estimate of drug-likeness (QED) is 0.201. The summed E-state index contributed by atoms with van der Waals surface area (Å²) in [6.07, 6.45) is 0.507. The van der Waals surface area contributed by atoms with E-state index in [4.69, 9.17) is 4.99 Å². The molecular weight excluding hydrogens is 596 g/mol. The standard InChI is InChI=1S/C30H18Br2N2O3/c31-20-10-6-16(7-11-20)28(35)19-5-4-18-14-25(33-24(18)15-19)26-22-2-1-3-23(27(22)34-30(26)37)29(36)17-8-12-21(32)13-9-17/h1-13,15,34,37H,14H2. The molecule has 1 aliphatic heterocycles. The van der Waals surface area contributed by atoms with Gasteiger partial charge in [0, 0.05) is 43.0 Å². The monoisotopic (exact) mass is 612 g/mol. The molecule has 37 heavy (non-hydrogen) atoms. The third kappa shape index (κ3) is 4.24. The Balaban J connectivity index is 1.37. The van der Waals surface area contributed by atoms with Crippen LogP contribution in [0.4, 0.5) is 5.69 Å². The van der Waals surface area contributed by atoms with Crippen molar-refractivity contribution in [2.75, 3.05) is 0 Å². The maximum atomic E-state index is 13.2. The predicted octanol–water partition coefficient (Wildman–Crippen LogP) is 7.54. The smallest absolute Gasteiger partial charge is 0.198 e. The highest BCUT2D eigenvalue weighted by molar-refractivity contribution is 9.10. The Kier molecular flexibility index (Phi) is 5.89. The normalized spacial score (nSPS) is 12.4. The van der Waals surface area contributed by atoms with Gasteiger partial charge in [0.1, 0.15) is 0 Å². The first kappa shape index (κ1) is 23.6. The lowest BCUT2D eigenvalue weighted by Gasteiger charge is -2.04. The minimum absolute atomic E-state index is 0.0382. The van der Waals surface area contributed by atoms with E-state index < -0.39 is 0 Å². The zero-order valence-electron chi connectivity index (χ0n) is 19.3. The van der Waals surface area contributed by atoms with Crippen LogP contribution in [0.15, 0.2) is 98.9 Å². The molecule has 1 aliphatic rings. The molecule has 0 amide bonds. The van der Waals surface area contributed by atoms with Crippen LogP contribution in [0.1, 0.15) is 43.0 Å². The van der Waals surface area contributed by atoms with E-state index in [1.807, 2.05) is 48.5 Å². The number of fused-ring (bicyclic) bond motifs is 2. The van der Waals surface area contributed by atoms with E-state index in [-0.39, 0.29) is 17.4 Å². The first-order chi connectivity index (χ1) is 17.9. The number of aliphatic imine (C=N–C) groups is 1. The fourth-order valence-electron chi connectivity index (χ4n) is 4.68. The van der Waals surface area contributed by atoms with Crippen molar-refractivity contribution >= 4 is 65.7 Å². The average molecular weight is 614 g/mol. The molecule has 5 aromatic rings. The number of ketones is 2. The SMILES string of the molecule is O=C(c1ccc(Br)cc1)c1ccc2c(c1)N=C(c1c(O)[nH]c3c(C(=O)c4ccc(Br)cc4)cccc13)C2. The number of carbonyl (C=O) groups excluding carboxylic acids is 2. The average Bonchev–Trinajstić information content (AvgIpc) is 3.47. The summed E-state index contributed by atoms with van der Waals surface area (Å²) < 4.78 is 1.80. The molecule has 5 nitrogen and oxygen atoms in total. The van der Waals surface area contributed by atoms with Crippen LogP contribution in [0.3, 0.4) is 0 Å². The number of aromatic nitrogens is 1. The molecule has 2 heterocycles. The lowest BCUT2D eigenvalue weighted by atomic mass is 9.97. The minimum Gasteiger partial charge on any atom is -0.494 e. The van der Waals surface area contributed by atoms with Crippen molar-refractivity contribution < 1.29 is 14.7 Å². The largest absolute Gasteiger partial charge is 0.494 e. The number of aromatic amines is 1. The van der Waals surface area contributed by atoms with Crippen molar-refractivity contribution in [3.63, 3.8) is 0 Å². The van der Waals surface area contributed by atoms with Gasteiger partial charge in [-0.3, -0.25) is 14.6 Å². The van der Waals surface area contributed by atoms with E-state index in [0.29, 0.717) is 51.2 Å². The molecule has 4 aromatic carbocycles. The van der Waals surface area contributed by atoms with E-state index >= 15 is 0 Å². The Bertz CT molecular complexity index is 1750. The summed E-state index contributed by atoms with van der Waals surface area (Å²) in [4.78, 5) is 34.0. The number of benzene rings is 4. The summed E-state index contributed by atoms with van der Waals surface area (Å²) in [5, 5.41) is 11.6. The molecule has 0 bridgehead atoms. The molecule has 0 unspecified atom stereocenters. The van der Waals surface area contributed by atoms with Crippen LogP contribution >= 0.6 is 31.9 Å². The maximum absolute atomic E-state index is 13.2. The Morgan fingerprint density at radius 2 is 1.41 bits per heavy atom. The van der Waals surface area contributed by atoms with Gasteiger partial charge >= 0.3 is 0 Å². The molecule has 0 aliphatic carbocycles. The molecule has 0 fully saturated rings. The Morgan fingerprint density at radius 1 is 0.784 bits per heavy atom. The number of nitrogens with one attached hydrogen (secondary N) is 1. The minimum atomic E-state index is -0.140. The summed E-state index contributed by atoms with van der Waals surface area (Å²) in [6, 6.07) is 25.4. The molecule has 180 valence electrons. The van der Waals surface area contributed by atoms with Gasteiger partial charge in [-0.25, -0.2) is 0 Å². The van der Waals surface area contributed by atoms with E-state index in [1.165, 1.54) is 0 Å². The highest BCUT2D eigenvalue weighted by Crippen LogP contribution is 2.37. The number of halogens is 2. The van der Waals surface area contributed by atoms with Gasteiger partial charge in [-0.2, -0.15) is 0 Å². The molecule has 0 saturated heterocycles. The predicted molar refractivity (Wildman–Crippen MR) is 151 cm³/mol. The maximum Gasteiger partial charge on any atom is 0.198 e. The summed E-state index contributed by atoms with van der Waals surface area (Å²) in [5.74, 6) is -0.257. The molecule has 0 atom stereocenters. The zero-order chi connectivity index (χ0) is 25.7. The number of hydrogen-bond acceptors (Lipinski definition) is 4. The van der Waals surface area contributed by atoms with Gasteiger partial charge in [-0.15, -0.1) is 0 Å². The Labute approximate surface area is 229 Å². The highest BCUT2D eigenvalue weighted by atomic mass is 79.9. The van der Waals surface area contributed by atoms with Crippen LogP contribution in [0.2, 0.25) is 0 Å². The highest BCUT2D eigenvalue weighted by Gasteiger charge is 2.25. The second kappa shape index (κ2) is 9.25. The van der Waals surface area contributed by atoms with E-state index in [1.54, 1.807) is 36.4 Å². The topological polar surface area (TPSA) is 82.5 Å². The van der Waals surface area contributed by atoms with Crippen molar-refractivity contribution in [3.8, 4) is 5.88 Å². The third-order valence-corrected chi connectivity index (χ3v) is 7.58. The van der Waals surface area contributed by atoms with Crippen LogP contribution in [0, 0.1) is 0 Å². The van der Waals surface area contributed by atoms with Crippen molar-refractivity contribution in [2.45, 2.75) is 6.42 Å². The Morgan fingerprint density at radius 3 is 2.08 bits per heavy atom. The number of nitrogens with zero attached hydrogens (tertiary/aromatic N) is 1. The van der Waals surface area contributed by atoms with Gasteiger partial charge in [0.05, 0.1) is 22.5 Å². The van der Waals surface area contributed by atoms with Crippen LogP contribution in [0.25, 0.3) is 10.9 Å². The summed E-state index contributed by atoms with van der Waals surface area (Å²) >= 11 is 6.79. The fourth-order valence-corrected chi connectivity index (χ4v) is 5.21. The summed E-state index contributed by atoms with van der Waals surface area (Å²) in [7, 11) is 0. The fraction of sp³-hybridized carbons (Fsp3) is 0.0333. The molecule has 0 spiro atoms. The lowest BCUT2D eigenvalue weighted by Crippen LogP contribution is -2.03. The second-order valence-corrected chi connectivity index (χ2v) is 10.7. The van der Waals surface area contributed by atoms with Crippen molar-refractivity contribution in [2.24, 2.45) is 4.99 Å². The van der Waals surface area contributed by atoms with Crippen molar-refractivity contribution in [1.29, 1.82) is 0 Å². The van der Waals surface area contributed by atoms with Gasteiger partial charge in [0.15, 0.2) is 17.4 Å². The van der Waals surface area contributed by atoms with Gasteiger partial charge < -0.3 is 10.1 Å². The third-order valence-electron chi connectivity index (χ3n) is 6.52. The first-order valence-electron chi connectivity index (χ1n) is 11.5.